The molecule has 0 spiro atoms. The molecule has 0 N–H and O–H groups in total. The molecule has 0 atom stereocenters. The number of carbonyl (C=O) groups excluding carboxylic acids is 1. The second-order valence-corrected chi connectivity index (χ2v) is 10.9. The summed E-state index contributed by atoms with van der Waals surface area (Å²) in [7, 11) is -0.397. The van der Waals surface area contributed by atoms with Crippen LogP contribution in [0.3, 0.4) is 0 Å². The summed E-state index contributed by atoms with van der Waals surface area (Å²) in [6.45, 7) is 12.2. The van der Waals surface area contributed by atoms with Gasteiger partial charge < -0.3 is 24.1 Å². The molecule has 3 aromatic rings. The Bertz CT molecular complexity index is 1080. The highest BCUT2D eigenvalue weighted by atomic mass is 32.2. The Morgan fingerprint density at radius 2 is 1.05 bits per heavy atom. The Morgan fingerprint density at radius 3 is 1.34 bits per heavy atom. The number of carboxylic acids is 1. The molecule has 0 heterocycles. The van der Waals surface area contributed by atoms with E-state index in [9.17, 15) is 13.2 Å². The normalized spacial score (nSPS) is 11.4. The molecule has 5 nitrogen and oxygen atoms in total. The van der Waals surface area contributed by atoms with Crippen molar-refractivity contribution in [1.82, 2.24) is 0 Å². The highest BCUT2D eigenvalue weighted by Crippen LogP contribution is 2.45. The first kappa shape index (κ1) is 30.9. The number of hydrogen-bond donors (Lipinski definition) is 0. The van der Waals surface area contributed by atoms with E-state index in [1.807, 2.05) is 65.8 Å². The number of carboxylic acid groups (broad SMARTS) is 1. The predicted molar refractivity (Wildman–Crippen MR) is 140 cm³/mol. The van der Waals surface area contributed by atoms with Gasteiger partial charge in [-0.05, 0) is 65.8 Å². The van der Waals surface area contributed by atoms with Crippen LogP contribution in [-0.4, -0.2) is 30.5 Å². The van der Waals surface area contributed by atoms with E-state index in [4.69, 9.17) is 24.1 Å². The SMILES string of the molecule is CC(C)Oc1cc(OC(C)C)c([S+](c2ccccc2)c2ccccc2)c(OC(C)C)c1.O=C([O-])C(F)(F)F. The highest BCUT2D eigenvalue weighted by Gasteiger charge is 2.37. The van der Waals surface area contributed by atoms with Crippen LogP contribution < -0.4 is 19.3 Å². The van der Waals surface area contributed by atoms with E-state index in [-0.39, 0.29) is 18.3 Å². The Balaban J connectivity index is 0.000000638. The van der Waals surface area contributed by atoms with Crippen molar-refractivity contribution in [1.29, 1.82) is 0 Å². The monoisotopic (exact) mass is 550 g/mol. The van der Waals surface area contributed by atoms with Crippen molar-refractivity contribution >= 4 is 16.9 Å². The first-order valence-corrected chi connectivity index (χ1v) is 13.3. The number of benzene rings is 3. The molecule has 0 aromatic heterocycles. The van der Waals surface area contributed by atoms with E-state index in [1.54, 1.807) is 0 Å². The summed E-state index contributed by atoms with van der Waals surface area (Å²) in [4.78, 5) is 12.3. The van der Waals surface area contributed by atoms with Gasteiger partial charge in [-0.25, -0.2) is 0 Å². The van der Waals surface area contributed by atoms with Gasteiger partial charge in [-0.2, -0.15) is 13.2 Å². The van der Waals surface area contributed by atoms with Gasteiger partial charge in [0.25, 0.3) is 0 Å². The standard InChI is InChI=1S/C27H33O3S.C2HF3O2/c1-19(2)28-22-17-25(29-20(3)4)27(26(18-22)30-21(5)6)31(23-13-9-7-10-14-23)24-15-11-8-12-16-24;3-2(4,5)1(6)7/h7-21H,1-6H3;(H,6,7)/q+1;/p-1. The molecular formula is C29H33F3O5S. The second-order valence-electron chi connectivity index (χ2n) is 8.97. The summed E-state index contributed by atoms with van der Waals surface area (Å²) in [6, 6.07) is 25.1. The number of rotatable bonds is 9. The van der Waals surface area contributed by atoms with Crippen LogP contribution in [0.4, 0.5) is 13.2 Å². The van der Waals surface area contributed by atoms with Crippen molar-refractivity contribution in [3.05, 3.63) is 72.8 Å². The molecule has 0 fully saturated rings. The summed E-state index contributed by atoms with van der Waals surface area (Å²) < 4.78 is 50.3. The van der Waals surface area contributed by atoms with Gasteiger partial charge in [0.2, 0.25) is 4.90 Å². The molecule has 3 rings (SSSR count). The van der Waals surface area contributed by atoms with Crippen LogP contribution in [0.2, 0.25) is 0 Å². The van der Waals surface area contributed by atoms with Crippen LogP contribution in [0, 0.1) is 0 Å². The van der Waals surface area contributed by atoms with Gasteiger partial charge in [0.1, 0.15) is 22.6 Å². The maximum Gasteiger partial charge on any atom is 0.430 e. The fraction of sp³-hybridized carbons (Fsp3) is 0.345. The summed E-state index contributed by atoms with van der Waals surface area (Å²) in [5.41, 5.74) is 0. The Kier molecular flexibility index (Phi) is 11.4. The molecule has 0 amide bonds. The number of ether oxygens (including phenoxy) is 3. The molecule has 0 saturated heterocycles. The lowest BCUT2D eigenvalue weighted by Gasteiger charge is -2.21. The van der Waals surface area contributed by atoms with Crippen LogP contribution >= 0.6 is 0 Å². The molecular weight excluding hydrogens is 517 g/mol. The van der Waals surface area contributed by atoms with Crippen molar-refractivity contribution in [3.63, 3.8) is 0 Å². The van der Waals surface area contributed by atoms with Gasteiger partial charge in [-0.15, -0.1) is 0 Å². The number of carbonyl (C=O) groups is 1. The largest absolute Gasteiger partial charge is 0.542 e. The molecule has 0 bridgehead atoms. The third kappa shape index (κ3) is 9.52. The number of aliphatic carboxylic acids is 1. The molecule has 3 aromatic carbocycles. The van der Waals surface area contributed by atoms with Gasteiger partial charge in [-0.1, -0.05) is 36.4 Å². The summed E-state index contributed by atoms with van der Waals surface area (Å²) >= 11 is 0. The van der Waals surface area contributed by atoms with Gasteiger partial charge in [0.05, 0.1) is 18.3 Å². The Labute approximate surface area is 224 Å². The van der Waals surface area contributed by atoms with Gasteiger partial charge in [-0.3, -0.25) is 0 Å². The fourth-order valence-electron chi connectivity index (χ4n) is 3.26. The van der Waals surface area contributed by atoms with Crippen LogP contribution in [0.25, 0.3) is 0 Å². The van der Waals surface area contributed by atoms with E-state index in [0.717, 1.165) is 22.1 Å². The topological polar surface area (TPSA) is 67.8 Å². The van der Waals surface area contributed by atoms with Crippen LogP contribution in [-0.2, 0) is 15.7 Å². The van der Waals surface area contributed by atoms with Crippen molar-refractivity contribution in [3.8, 4) is 17.2 Å². The fourth-order valence-corrected chi connectivity index (χ4v) is 5.48. The zero-order chi connectivity index (χ0) is 28.5. The van der Waals surface area contributed by atoms with Crippen LogP contribution in [0.5, 0.6) is 17.2 Å². The average Bonchev–Trinajstić information content (AvgIpc) is 2.81. The van der Waals surface area contributed by atoms with E-state index in [0.29, 0.717) is 0 Å². The average molecular weight is 551 g/mol. The maximum atomic E-state index is 10.5. The lowest BCUT2D eigenvalue weighted by Crippen LogP contribution is -2.37. The molecule has 0 unspecified atom stereocenters. The maximum absolute atomic E-state index is 10.5. The highest BCUT2D eigenvalue weighted by molar-refractivity contribution is 7.97. The molecule has 206 valence electrons. The molecule has 9 heteroatoms. The van der Waals surface area contributed by atoms with Gasteiger partial charge in [0, 0.05) is 12.1 Å². The van der Waals surface area contributed by atoms with Crippen molar-refractivity contribution < 1.29 is 37.3 Å². The van der Waals surface area contributed by atoms with Crippen molar-refractivity contribution in [2.75, 3.05) is 0 Å². The van der Waals surface area contributed by atoms with Gasteiger partial charge in [0.15, 0.2) is 21.3 Å². The van der Waals surface area contributed by atoms with Crippen LogP contribution in [0.1, 0.15) is 41.5 Å². The lowest BCUT2D eigenvalue weighted by molar-refractivity contribution is -0.344. The number of hydrogen-bond acceptors (Lipinski definition) is 5. The molecule has 38 heavy (non-hydrogen) atoms. The van der Waals surface area contributed by atoms with Crippen LogP contribution in [0.15, 0.2) is 87.5 Å². The lowest BCUT2D eigenvalue weighted by atomic mass is 10.2. The third-order valence-electron chi connectivity index (χ3n) is 4.48. The first-order valence-electron chi connectivity index (χ1n) is 12.1. The summed E-state index contributed by atoms with van der Waals surface area (Å²) in [5.74, 6) is -0.637. The number of alkyl halides is 3. The summed E-state index contributed by atoms with van der Waals surface area (Å²) in [6.07, 6.45) is -5.08. The second kappa shape index (κ2) is 14.0. The zero-order valence-electron chi connectivity index (χ0n) is 22.2. The van der Waals surface area contributed by atoms with Gasteiger partial charge >= 0.3 is 6.18 Å². The van der Waals surface area contributed by atoms with E-state index >= 15 is 0 Å². The van der Waals surface area contributed by atoms with E-state index in [2.05, 4.69) is 48.5 Å². The van der Waals surface area contributed by atoms with Crippen molar-refractivity contribution in [2.45, 2.75) is 80.7 Å². The van der Waals surface area contributed by atoms with E-state index < -0.39 is 23.0 Å². The first-order chi connectivity index (χ1) is 17.8. The molecule has 0 aliphatic rings. The minimum absolute atomic E-state index is 0.0250. The zero-order valence-corrected chi connectivity index (χ0v) is 23.1. The molecule has 0 aliphatic heterocycles. The van der Waals surface area contributed by atoms with E-state index in [1.165, 1.54) is 9.79 Å². The third-order valence-corrected chi connectivity index (χ3v) is 6.78. The predicted octanol–water partition coefficient (Wildman–Crippen LogP) is 6.44. The molecule has 0 saturated carbocycles. The quantitative estimate of drug-likeness (QED) is 0.287. The number of halogens is 3. The summed E-state index contributed by atoms with van der Waals surface area (Å²) in [5, 5.41) is 8.78. The Hall–Kier alpha value is -3.33. The minimum atomic E-state index is -5.19. The Morgan fingerprint density at radius 1 is 0.711 bits per heavy atom. The van der Waals surface area contributed by atoms with Crippen molar-refractivity contribution in [2.24, 2.45) is 0 Å². The molecule has 0 radical (unpaired) electrons. The smallest absolute Gasteiger partial charge is 0.430 e. The minimum Gasteiger partial charge on any atom is -0.542 e. The molecule has 0 aliphatic carbocycles.